The fourth-order valence-electron chi connectivity index (χ4n) is 10.8. The van der Waals surface area contributed by atoms with E-state index in [0.29, 0.717) is 5.92 Å². The van der Waals surface area contributed by atoms with Crippen molar-refractivity contribution in [2.24, 2.45) is 52.8 Å². The molecule has 1 N–H and O–H groups in total. The average molecular weight is 675 g/mol. The molecule has 1 heterocycles. The molecule has 272 valence electrons. The summed E-state index contributed by atoms with van der Waals surface area (Å²) in [5.41, 5.74) is 1.59. The summed E-state index contributed by atoms with van der Waals surface area (Å²) in [6.45, 7) is 15.7. The van der Waals surface area contributed by atoms with Crippen molar-refractivity contribution in [1.82, 2.24) is 0 Å². The van der Waals surface area contributed by atoms with Gasteiger partial charge in [-0.2, -0.15) is 0 Å². The second kappa shape index (κ2) is 15.5. The lowest BCUT2D eigenvalue weighted by Crippen LogP contribution is -2.62. The Morgan fingerprint density at radius 1 is 0.979 bits per heavy atom. The molecule has 5 aliphatic rings. The van der Waals surface area contributed by atoms with Crippen LogP contribution in [0.1, 0.15) is 120 Å². The van der Waals surface area contributed by atoms with Crippen molar-refractivity contribution in [3.8, 4) is 0 Å². The van der Waals surface area contributed by atoms with Crippen LogP contribution in [0.15, 0.2) is 11.6 Å². The SMILES string of the molecule is CC(=O)OCC1O[C@H](OC2CC[C@@]3(C)C(=CCC4C5CC[C@H]([C@H](C)CCCC(C)C)C5C(C)CC43)C2)C(O)[C@@H](OC(C)=O)[C@@H]1OC(C)=O. The third-order valence-electron chi connectivity index (χ3n) is 13.0. The summed E-state index contributed by atoms with van der Waals surface area (Å²) < 4.78 is 28.6. The van der Waals surface area contributed by atoms with Gasteiger partial charge in [0.2, 0.25) is 0 Å². The fraction of sp³-hybridized carbons (Fsp3) is 0.872. The number of hydrogen-bond acceptors (Lipinski definition) is 9. The second-order valence-corrected chi connectivity index (χ2v) is 16.6. The molecule has 0 aromatic heterocycles. The largest absolute Gasteiger partial charge is 0.463 e. The number of carbonyl (C=O) groups is 3. The van der Waals surface area contributed by atoms with Crippen molar-refractivity contribution in [2.45, 2.75) is 156 Å². The van der Waals surface area contributed by atoms with Crippen LogP contribution in [-0.4, -0.2) is 66.4 Å². The Kier molecular flexibility index (Phi) is 12.0. The summed E-state index contributed by atoms with van der Waals surface area (Å²) >= 11 is 0. The monoisotopic (exact) mass is 674 g/mol. The fourth-order valence-corrected chi connectivity index (χ4v) is 10.8. The van der Waals surface area contributed by atoms with Gasteiger partial charge >= 0.3 is 17.9 Å². The Morgan fingerprint density at radius 3 is 2.35 bits per heavy atom. The van der Waals surface area contributed by atoms with Crippen LogP contribution in [0.4, 0.5) is 0 Å². The molecular formula is C39H62O9. The number of aliphatic hydroxyl groups is 1. The van der Waals surface area contributed by atoms with E-state index in [1.165, 1.54) is 64.9 Å². The zero-order valence-electron chi connectivity index (χ0n) is 30.7. The summed E-state index contributed by atoms with van der Waals surface area (Å²) in [4.78, 5) is 35.6. The molecule has 0 aromatic carbocycles. The molecule has 0 radical (unpaired) electrons. The number of ether oxygens (including phenoxy) is 5. The number of aliphatic hydroxyl groups excluding tert-OH is 1. The van der Waals surface area contributed by atoms with Gasteiger partial charge in [-0.1, -0.05) is 65.5 Å². The third kappa shape index (κ3) is 7.99. The van der Waals surface area contributed by atoms with E-state index in [1.54, 1.807) is 0 Å². The topological polar surface area (TPSA) is 118 Å². The van der Waals surface area contributed by atoms with Crippen molar-refractivity contribution in [3.05, 3.63) is 11.6 Å². The van der Waals surface area contributed by atoms with E-state index in [4.69, 9.17) is 23.7 Å². The molecule has 14 atom stereocenters. The smallest absolute Gasteiger partial charge is 0.303 e. The lowest BCUT2D eigenvalue weighted by atomic mass is 9.48. The van der Waals surface area contributed by atoms with Crippen molar-refractivity contribution in [2.75, 3.05) is 6.61 Å². The number of rotatable bonds is 11. The van der Waals surface area contributed by atoms with Gasteiger partial charge in [-0.3, -0.25) is 14.4 Å². The lowest BCUT2D eigenvalue weighted by Gasteiger charge is -2.57. The zero-order valence-corrected chi connectivity index (χ0v) is 30.7. The zero-order chi connectivity index (χ0) is 34.9. The van der Waals surface area contributed by atoms with Crippen LogP contribution in [0.5, 0.6) is 0 Å². The molecule has 3 saturated carbocycles. The Labute approximate surface area is 288 Å². The van der Waals surface area contributed by atoms with Crippen LogP contribution in [0.3, 0.4) is 0 Å². The van der Waals surface area contributed by atoms with E-state index in [1.807, 2.05) is 0 Å². The number of esters is 3. The van der Waals surface area contributed by atoms with E-state index in [9.17, 15) is 19.5 Å². The number of allylic oxidation sites excluding steroid dienone is 1. The molecule has 0 spiro atoms. The minimum atomic E-state index is -1.40. The summed E-state index contributed by atoms with van der Waals surface area (Å²) in [5, 5.41) is 11.3. The standard InChI is InChI=1S/C39H62O9/c1-21(2)10-9-11-22(3)29-14-15-31-30-13-12-27-19-28(16-17-39(27,8)32(30)18-23(4)34(29)31)47-38-35(43)37(46-26(7)42)36(45-25(6)41)33(48-38)20-44-24(5)40/h12,21-23,28-38,43H,9-11,13-20H2,1-8H3/t22-,23?,28?,29-,30?,31?,32?,33?,34?,35?,36-,37-,38+,39+/m1/s1. The van der Waals surface area contributed by atoms with Gasteiger partial charge in [0, 0.05) is 20.8 Å². The first-order valence-electron chi connectivity index (χ1n) is 18.9. The first-order valence-corrected chi connectivity index (χ1v) is 18.9. The molecule has 9 nitrogen and oxygen atoms in total. The lowest BCUT2D eigenvalue weighted by molar-refractivity contribution is -0.316. The predicted molar refractivity (Wildman–Crippen MR) is 180 cm³/mol. The van der Waals surface area contributed by atoms with E-state index in [-0.39, 0.29) is 18.1 Å². The second-order valence-electron chi connectivity index (χ2n) is 16.6. The predicted octanol–water partition coefficient (Wildman–Crippen LogP) is 6.78. The van der Waals surface area contributed by atoms with Crippen LogP contribution < -0.4 is 0 Å². The molecular weight excluding hydrogens is 612 g/mol. The normalized spacial score (nSPS) is 41.3. The molecule has 9 heteroatoms. The van der Waals surface area contributed by atoms with Gasteiger partial charge in [0.25, 0.3) is 0 Å². The molecule has 1 aliphatic heterocycles. The Morgan fingerprint density at radius 2 is 1.69 bits per heavy atom. The molecule has 8 unspecified atom stereocenters. The highest BCUT2D eigenvalue weighted by Gasteiger charge is 2.57. The Bertz CT molecular complexity index is 1180. The van der Waals surface area contributed by atoms with Crippen molar-refractivity contribution in [3.63, 3.8) is 0 Å². The van der Waals surface area contributed by atoms with Crippen molar-refractivity contribution < 1.29 is 43.2 Å². The highest BCUT2D eigenvalue weighted by Crippen LogP contribution is 2.64. The van der Waals surface area contributed by atoms with Crippen molar-refractivity contribution in [1.29, 1.82) is 0 Å². The van der Waals surface area contributed by atoms with Gasteiger partial charge in [-0.25, -0.2) is 0 Å². The molecule has 5 rings (SSSR count). The van der Waals surface area contributed by atoms with Gasteiger partial charge in [-0.15, -0.1) is 0 Å². The van der Waals surface area contributed by atoms with Gasteiger partial charge in [-0.05, 0) is 97.7 Å². The van der Waals surface area contributed by atoms with Crippen LogP contribution in [0, 0.1) is 52.8 Å². The molecule has 48 heavy (non-hydrogen) atoms. The molecule has 0 aromatic rings. The van der Waals surface area contributed by atoms with E-state index in [0.717, 1.165) is 67.1 Å². The average Bonchev–Trinajstić information content (AvgIpc) is 3.46. The van der Waals surface area contributed by atoms with Crippen LogP contribution in [0.25, 0.3) is 0 Å². The Hall–Kier alpha value is -1.97. The summed E-state index contributed by atoms with van der Waals surface area (Å²) in [6, 6.07) is 0. The first-order chi connectivity index (χ1) is 22.7. The van der Waals surface area contributed by atoms with E-state index >= 15 is 0 Å². The number of carbonyl (C=O) groups excluding carboxylic acids is 3. The van der Waals surface area contributed by atoms with Gasteiger partial charge in [0.05, 0.1) is 6.10 Å². The Balaban J connectivity index is 1.27. The quantitative estimate of drug-likeness (QED) is 0.144. The maximum atomic E-state index is 12.0. The third-order valence-corrected chi connectivity index (χ3v) is 13.0. The van der Waals surface area contributed by atoms with Crippen LogP contribution in [-0.2, 0) is 38.1 Å². The maximum Gasteiger partial charge on any atom is 0.303 e. The van der Waals surface area contributed by atoms with Crippen LogP contribution >= 0.6 is 0 Å². The van der Waals surface area contributed by atoms with Crippen LogP contribution in [0.2, 0.25) is 0 Å². The summed E-state index contributed by atoms with van der Waals surface area (Å²) in [5.74, 6) is 4.49. The highest BCUT2D eigenvalue weighted by molar-refractivity contribution is 5.68. The molecule has 4 fully saturated rings. The van der Waals surface area contributed by atoms with Gasteiger partial charge < -0.3 is 28.8 Å². The minimum Gasteiger partial charge on any atom is -0.463 e. The summed E-state index contributed by atoms with van der Waals surface area (Å²) in [7, 11) is 0. The molecule has 4 aliphatic carbocycles. The van der Waals surface area contributed by atoms with E-state index in [2.05, 4.69) is 40.7 Å². The maximum absolute atomic E-state index is 12.0. The van der Waals surface area contributed by atoms with Gasteiger partial charge in [0.15, 0.2) is 18.5 Å². The number of hydrogen-bond donors (Lipinski definition) is 1. The summed E-state index contributed by atoms with van der Waals surface area (Å²) in [6.07, 6.45) is 8.23. The molecule has 0 amide bonds. The van der Waals surface area contributed by atoms with Gasteiger partial charge in [0.1, 0.15) is 18.8 Å². The molecule has 0 bridgehead atoms. The first kappa shape index (κ1) is 37.3. The number of fused-ring (bicyclic) bond motifs is 5. The van der Waals surface area contributed by atoms with E-state index < -0.39 is 48.6 Å². The molecule has 1 saturated heterocycles. The highest BCUT2D eigenvalue weighted by atomic mass is 16.7. The minimum absolute atomic E-state index is 0.133. The van der Waals surface area contributed by atoms with Crippen molar-refractivity contribution >= 4 is 17.9 Å².